The average molecular weight is 222 g/mol. The Morgan fingerprint density at radius 1 is 1.50 bits per heavy atom. The third-order valence-corrected chi connectivity index (χ3v) is 1.89. The summed E-state index contributed by atoms with van der Waals surface area (Å²) in [4.78, 5) is 19.5. The van der Waals surface area contributed by atoms with Crippen molar-refractivity contribution in [3.05, 3.63) is 0 Å². The molecule has 0 bridgehead atoms. The van der Waals surface area contributed by atoms with Gasteiger partial charge in [-0.3, -0.25) is 0 Å². The molecule has 1 amide bonds. The number of ether oxygens (including phenoxy) is 1. The quantitative estimate of drug-likeness (QED) is 0.560. The second-order valence-corrected chi connectivity index (χ2v) is 5.01. The van der Waals surface area contributed by atoms with Gasteiger partial charge in [0.2, 0.25) is 0 Å². The van der Waals surface area contributed by atoms with E-state index in [2.05, 4.69) is 5.32 Å². The normalized spacial score (nSPS) is 12.1. The molecule has 0 aromatic heterocycles. The number of nitrogens with one attached hydrogen (secondary N) is 1. The van der Waals surface area contributed by atoms with Crippen LogP contribution in [0.1, 0.15) is 27.2 Å². The minimum Gasteiger partial charge on any atom is -0.444 e. The Bertz CT molecular complexity index is 212. The van der Waals surface area contributed by atoms with Crippen LogP contribution in [0.4, 0.5) is 4.79 Å². The van der Waals surface area contributed by atoms with E-state index < -0.39 is 19.7 Å². The van der Waals surface area contributed by atoms with Crippen LogP contribution < -0.4 is 5.32 Å². The molecule has 0 saturated heterocycles. The van der Waals surface area contributed by atoms with Gasteiger partial charge in [0.1, 0.15) is 5.60 Å². The van der Waals surface area contributed by atoms with E-state index >= 15 is 0 Å². The van der Waals surface area contributed by atoms with Crippen molar-refractivity contribution in [1.82, 2.24) is 5.32 Å². The Balaban J connectivity index is 3.50. The molecule has 0 fully saturated rings. The molecule has 0 aliphatic rings. The zero-order chi connectivity index (χ0) is 11.2. The van der Waals surface area contributed by atoms with Gasteiger partial charge >= 0.3 is 14.1 Å². The van der Waals surface area contributed by atoms with Crippen LogP contribution in [0.2, 0.25) is 0 Å². The average Bonchev–Trinajstić information content (AvgIpc) is 1.94. The lowest BCUT2D eigenvalue weighted by Gasteiger charge is -2.19. The summed E-state index contributed by atoms with van der Waals surface area (Å²) in [5.41, 5.74) is -0.508. The zero-order valence-corrected chi connectivity index (χ0v) is 9.63. The fraction of sp³-hybridized carbons (Fsp3) is 0.875. The molecule has 82 valence electrons. The third-order valence-electron chi connectivity index (χ3n) is 1.19. The molecule has 2 N–H and O–H groups in total. The highest BCUT2D eigenvalue weighted by Crippen LogP contribution is 2.12. The fourth-order valence-corrected chi connectivity index (χ4v) is 1.15. The van der Waals surface area contributed by atoms with Gasteiger partial charge in [-0.15, -0.1) is 0 Å². The van der Waals surface area contributed by atoms with Crippen LogP contribution in [0.5, 0.6) is 0 Å². The van der Waals surface area contributed by atoms with Crippen molar-refractivity contribution < 1.29 is 19.0 Å². The maximum Gasteiger partial charge on any atom is 0.505 e. The summed E-state index contributed by atoms with van der Waals surface area (Å²) in [6.07, 6.45) is 0.182. The predicted octanol–water partition coefficient (Wildman–Crippen LogP) is 1.64. The van der Waals surface area contributed by atoms with E-state index in [1.54, 1.807) is 20.8 Å². The number of hydrogen-bond acceptors (Lipinski definition) is 3. The van der Waals surface area contributed by atoms with Crippen LogP contribution in [-0.4, -0.2) is 29.3 Å². The van der Waals surface area contributed by atoms with Crippen molar-refractivity contribution in [2.45, 2.75) is 32.8 Å². The number of carbonyl (C=O) groups is 1. The molecule has 1 unspecified atom stereocenters. The maximum atomic E-state index is 11.0. The molecule has 0 aliphatic heterocycles. The van der Waals surface area contributed by atoms with Crippen molar-refractivity contribution in [3.63, 3.8) is 0 Å². The standard InChI is InChI=1S/C8H16NO4P/c1-8(2,3)13-7(10)9-5-4-6-14(11)12/h4-6H2,1-3H3,(H-,9,10,11,12)/p+1. The molecule has 0 saturated carbocycles. The van der Waals surface area contributed by atoms with E-state index in [4.69, 9.17) is 9.63 Å². The SMILES string of the molecule is CC(C)(C)OC(=O)NCCC[P+](=O)O. The smallest absolute Gasteiger partial charge is 0.444 e. The van der Waals surface area contributed by atoms with Gasteiger partial charge in [-0.05, 0) is 25.3 Å². The lowest BCUT2D eigenvalue weighted by Crippen LogP contribution is -2.33. The lowest BCUT2D eigenvalue weighted by atomic mass is 10.2. The van der Waals surface area contributed by atoms with Crippen molar-refractivity contribution in [3.8, 4) is 0 Å². The van der Waals surface area contributed by atoms with Crippen molar-refractivity contribution in [2.75, 3.05) is 12.7 Å². The Morgan fingerprint density at radius 3 is 2.50 bits per heavy atom. The van der Waals surface area contributed by atoms with Crippen LogP contribution in [0.3, 0.4) is 0 Å². The summed E-state index contributed by atoms with van der Waals surface area (Å²) < 4.78 is 15.2. The molecule has 0 rings (SSSR count). The van der Waals surface area contributed by atoms with Gasteiger partial charge in [0.15, 0.2) is 6.16 Å². The summed E-state index contributed by atoms with van der Waals surface area (Å²) >= 11 is 0. The fourth-order valence-electron chi connectivity index (χ4n) is 0.719. The second kappa shape index (κ2) is 5.94. The Labute approximate surface area is 84.7 Å². The number of alkyl carbamates (subject to hydrolysis) is 1. The lowest BCUT2D eigenvalue weighted by molar-refractivity contribution is 0.0528. The summed E-state index contributed by atoms with van der Waals surface area (Å²) in [6, 6.07) is 0. The van der Waals surface area contributed by atoms with Gasteiger partial charge in [0, 0.05) is 13.0 Å². The molecular weight excluding hydrogens is 205 g/mol. The van der Waals surface area contributed by atoms with Crippen molar-refractivity contribution >= 4 is 14.1 Å². The minimum absolute atomic E-state index is 0.200. The van der Waals surface area contributed by atoms with Crippen molar-refractivity contribution in [1.29, 1.82) is 0 Å². The van der Waals surface area contributed by atoms with Crippen LogP contribution in [0.25, 0.3) is 0 Å². The molecule has 0 aromatic rings. The molecule has 0 aromatic carbocycles. The molecule has 0 aliphatic carbocycles. The first-order chi connectivity index (χ1) is 6.31. The monoisotopic (exact) mass is 222 g/mol. The highest BCUT2D eigenvalue weighted by Gasteiger charge is 2.16. The van der Waals surface area contributed by atoms with E-state index in [9.17, 15) is 9.36 Å². The topological polar surface area (TPSA) is 75.6 Å². The minimum atomic E-state index is -2.10. The Kier molecular flexibility index (Phi) is 5.65. The number of rotatable bonds is 4. The predicted molar refractivity (Wildman–Crippen MR) is 53.5 cm³/mol. The van der Waals surface area contributed by atoms with Crippen LogP contribution in [0.15, 0.2) is 0 Å². The van der Waals surface area contributed by atoms with Crippen molar-refractivity contribution in [2.24, 2.45) is 0 Å². The number of carbonyl (C=O) groups excluding carboxylic acids is 1. The van der Waals surface area contributed by atoms with Gasteiger partial charge in [-0.25, -0.2) is 4.79 Å². The third kappa shape index (κ3) is 9.42. The Hall–Kier alpha value is -0.670. The van der Waals surface area contributed by atoms with E-state index in [0.717, 1.165) is 0 Å². The molecule has 0 heterocycles. The molecule has 6 heteroatoms. The summed E-state index contributed by atoms with van der Waals surface area (Å²) in [7, 11) is -2.10. The molecule has 1 atom stereocenters. The highest BCUT2D eigenvalue weighted by atomic mass is 31.1. The summed E-state index contributed by atoms with van der Waals surface area (Å²) in [5.74, 6) is 0. The van der Waals surface area contributed by atoms with E-state index in [1.165, 1.54) is 0 Å². The van der Waals surface area contributed by atoms with Crippen LogP contribution >= 0.6 is 8.03 Å². The molecule has 5 nitrogen and oxygen atoms in total. The highest BCUT2D eigenvalue weighted by molar-refractivity contribution is 7.37. The van der Waals surface area contributed by atoms with Crippen LogP contribution in [0, 0.1) is 0 Å². The van der Waals surface area contributed by atoms with Gasteiger partial charge < -0.3 is 10.1 Å². The molecule has 0 spiro atoms. The Morgan fingerprint density at radius 2 is 2.07 bits per heavy atom. The largest absolute Gasteiger partial charge is 0.505 e. The summed E-state index contributed by atoms with van der Waals surface area (Å²) in [6.45, 7) is 5.68. The molecule has 0 radical (unpaired) electrons. The van der Waals surface area contributed by atoms with Gasteiger partial charge in [-0.2, -0.15) is 4.89 Å². The molecule has 14 heavy (non-hydrogen) atoms. The van der Waals surface area contributed by atoms with E-state index in [0.29, 0.717) is 13.0 Å². The molecular formula is C8H17NO4P+. The first-order valence-corrected chi connectivity index (χ1v) is 5.81. The van der Waals surface area contributed by atoms with Gasteiger partial charge in [-0.1, -0.05) is 0 Å². The number of hydrogen-bond donors (Lipinski definition) is 2. The van der Waals surface area contributed by atoms with Gasteiger partial charge in [0.25, 0.3) is 0 Å². The zero-order valence-electron chi connectivity index (χ0n) is 8.74. The maximum absolute atomic E-state index is 11.0. The number of amides is 1. The van der Waals surface area contributed by atoms with E-state index in [-0.39, 0.29) is 6.16 Å². The van der Waals surface area contributed by atoms with Gasteiger partial charge in [0.05, 0.1) is 0 Å². The van der Waals surface area contributed by atoms with Crippen LogP contribution in [-0.2, 0) is 9.30 Å². The first kappa shape index (κ1) is 13.3. The first-order valence-electron chi connectivity index (χ1n) is 4.41. The summed E-state index contributed by atoms with van der Waals surface area (Å²) in [5, 5.41) is 2.49. The van der Waals surface area contributed by atoms with E-state index in [1.807, 2.05) is 0 Å². The second-order valence-electron chi connectivity index (χ2n) is 3.86.